The summed E-state index contributed by atoms with van der Waals surface area (Å²) in [5.41, 5.74) is 2.27. The lowest BCUT2D eigenvalue weighted by Crippen LogP contribution is -2.19. The molecule has 1 N–H and O–H groups in total. The van der Waals surface area contributed by atoms with Gasteiger partial charge >= 0.3 is 0 Å². The number of ether oxygens (including phenoxy) is 2. The molecule has 1 atom stereocenters. The summed E-state index contributed by atoms with van der Waals surface area (Å²) in [7, 11) is 0. The average molecular weight is 315 g/mol. The van der Waals surface area contributed by atoms with Gasteiger partial charge in [0.05, 0.1) is 10.6 Å². The fourth-order valence-electron chi connectivity index (χ4n) is 2.36. The second-order valence-electron chi connectivity index (χ2n) is 4.99. The van der Waals surface area contributed by atoms with E-state index in [0.29, 0.717) is 25.6 Å². The van der Waals surface area contributed by atoms with Gasteiger partial charge in [-0.2, -0.15) is 0 Å². The molecule has 1 aliphatic rings. The molecule has 0 saturated carbocycles. The summed E-state index contributed by atoms with van der Waals surface area (Å²) in [6.07, 6.45) is 0.264. The highest BCUT2D eigenvalue weighted by molar-refractivity contribution is 9.10. The van der Waals surface area contributed by atoms with E-state index in [-0.39, 0.29) is 6.10 Å². The van der Waals surface area contributed by atoms with Crippen LogP contribution in [0.25, 0.3) is 0 Å². The highest BCUT2D eigenvalue weighted by Gasteiger charge is 2.24. The van der Waals surface area contributed by atoms with Crippen molar-refractivity contribution in [3.05, 3.63) is 21.7 Å². The molecule has 0 saturated heterocycles. The highest BCUT2D eigenvalue weighted by atomic mass is 79.9. The topological polar surface area (TPSA) is 38.7 Å². The molecule has 0 spiro atoms. The molecule has 1 aromatic carbocycles. The molecule has 0 aromatic heterocycles. The van der Waals surface area contributed by atoms with Gasteiger partial charge in [0, 0.05) is 5.56 Å². The predicted octanol–water partition coefficient (Wildman–Crippen LogP) is 3.27. The summed E-state index contributed by atoms with van der Waals surface area (Å²) < 4.78 is 12.4. The summed E-state index contributed by atoms with van der Waals surface area (Å²) in [6.45, 7) is 7.23. The van der Waals surface area contributed by atoms with Crippen LogP contribution in [0, 0.1) is 0 Å². The van der Waals surface area contributed by atoms with Crippen molar-refractivity contribution in [2.45, 2.75) is 39.2 Å². The molecule has 0 bridgehead atoms. The Morgan fingerprint density at radius 2 is 1.83 bits per heavy atom. The molecule has 0 radical (unpaired) electrons. The zero-order valence-electron chi connectivity index (χ0n) is 11.0. The largest absolute Gasteiger partial charge is 0.486 e. The smallest absolute Gasteiger partial charge is 0.175 e. The van der Waals surface area contributed by atoms with Gasteiger partial charge in [-0.25, -0.2) is 0 Å². The Hall–Kier alpha value is -0.740. The standard InChI is InChI=1S/C14H19BrO3/c1-8(2)12-10(6-9(3)16)7-11(15)13-14(12)18-5-4-17-13/h7-9,16H,4-6H2,1-3H3. The SMILES string of the molecule is CC(O)Cc1cc(Br)c2c(c1C(C)C)OCCO2. The van der Waals surface area contributed by atoms with E-state index in [1.807, 2.05) is 6.07 Å². The third kappa shape index (κ3) is 2.64. The average Bonchev–Trinajstić information content (AvgIpc) is 2.27. The Morgan fingerprint density at radius 3 is 2.39 bits per heavy atom. The summed E-state index contributed by atoms with van der Waals surface area (Å²) in [4.78, 5) is 0. The zero-order valence-corrected chi connectivity index (χ0v) is 12.6. The van der Waals surface area contributed by atoms with Gasteiger partial charge in [-0.05, 0) is 46.8 Å². The number of hydrogen-bond donors (Lipinski definition) is 1. The van der Waals surface area contributed by atoms with Crippen LogP contribution < -0.4 is 9.47 Å². The Morgan fingerprint density at radius 1 is 1.22 bits per heavy atom. The number of halogens is 1. The van der Waals surface area contributed by atoms with Crippen LogP contribution in [0.1, 0.15) is 37.8 Å². The molecular formula is C14H19BrO3. The molecule has 0 amide bonds. The van der Waals surface area contributed by atoms with Crippen molar-refractivity contribution in [2.24, 2.45) is 0 Å². The van der Waals surface area contributed by atoms with E-state index in [1.54, 1.807) is 6.92 Å². The maximum Gasteiger partial charge on any atom is 0.175 e. The fourth-order valence-corrected chi connectivity index (χ4v) is 2.93. The molecule has 18 heavy (non-hydrogen) atoms. The summed E-state index contributed by atoms with van der Waals surface area (Å²) in [6, 6.07) is 2.04. The van der Waals surface area contributed by atoms with Gasteiger partial charge < -0.3 is 14.6 Å². The van der Waals surface area contributed by atoms with Crippen LogP contribution >= 0.6 is 15.9 Å². The van der Waals surface area contributed by atoms with E-state index in [0.717, 1.165) is 27.1 Å². The molecular weight excluding hydrogens is 296 g/mol. The number of hydrogen-bond acceptors (Lipinski definition) is 3. The third-order valence-electron chi connectivity index (χ3n) is 2.98. The minimum absolute atomic E-state index is 0.335. The number of aliphatic hydroxyl groups excluding tert-OH is 1. The molecule has 2 rings (SSSR count). The van der Waals surface area contributed by atoms with Crippen molar-refractivity contribution in [1.29, 1.82) is 0 Å². The summed E-state index contributed by atoms with van der Waals surface area (Å²) in [5.74, 6) is 1.96. The Kier molecular flexibility index (Phi) is 4.17. The molecule has 1 aromatic rings. The second-order valence-corrected chi connectivity index (χ2v) is 5.85. The Bertz CT molecular complexity index is 441. The van der Waals surface area contributed by atoms with Gasteiger partial charge in [0.1, 0.15) is 13.2 Å². The lowest BCUT2D eigenvalue weighted by atomic mass is 9.92. The Labute approximate surface area is 116 Å². The minimum atomic E-state index is -0.364. The van der Waals surface area contributed by atoms with E-state index >= 15 is 0 Å². The summed E-state index contributed by atoms with van der Waals surface area (Å²) >= 11 is 3.52. The molecule has 1 unspecified atom stereocenters. The number of aliphatic hydroxyl groups is 1. The molecule has 3 nitrogen and oxygen atoms in total. The van der Waals surface area contributed by atoms with Gasteiger partial charge in [-0.15, -0.1) is 0 Å². The van der Waals surface area contributed by atoms with E-state index in [4.69, 9.17) is 9.47 Å². The maximum atomic E-state index is 9.62. The molecule has 0 fully saturated rings. The van der Waals surface area contributed by atoms with Gasteiger partial charge in [-0.1, -0.05) is 13.8 Å². The molecule has 0 aliphatic carbocycles. The third-order valence-corrected chi connectivity index (χ3v) is 3.57. The number of rotatable bonds is 3. The van der Waals surface area contributed by atoms with Gasteiger partial charge in [-0.3, -0.25) is 0 Å². The maximum absolute atomic E-state index is 9.62. The van der Waals surface area contributed by atoms with E-state index < -0.39 is 0 Å². The van der Waals surface area contributed by atoms with Crippen LogP contribution in [0.5, 0.6) is 11.5 Å². The number of fused-ring (bicyclic) bond motifs is 1. The van der Waals surface area contributed by atoms with Crippen LogP contribution in [-0.2, 0) is 6.42 Å². The molecule has 4 heteroatoms. The zero-order chi connectivity index (χ0) is 13.3. The van der Waals surface area contributed by atoms with Gasteiger partial charge in [0.2, 0.25) is 0 Å². The second kappa shape index (κ2) is 5.49. The lowest BCUT2D eigenvalue weighted by Gasteiger charge is -2.26. The van der Waals surface area contributed by atoms with Crippen molar-refractivity contribution < 1.29 is 14.6 Å². The quantitative estimate of drug-likeness (QED) is 0.930. The minimum Gasteiger partial charge on any atom is -0.486 e. The van der Waals surface area contributed by atoms with Crippen molar-refractivity contribution in [1.82, 2.24) is 0 Å². The first-order chi connectivity index (χ1) is 8.50. The monoisotopic (exact) mass is 314 g/mol. The predicted molar refractivity (Wildman–Crippen MR) is 74.6 cm³/mol. The number of benzene rings is 1. The van der Waals surface area contributed by atoms with E-state index in [2.05, 4.69) is 29.8 Å². The normalized spacial score (nSPS) is 15.9. The van der Waals surface area contributed by atoms with Crippen molar-refractivity contribution >= 4 is 15.9 Å². The van der Waals surface area contributed by atoms with Gasteiger partial charge in [0.15, 0.2) is 11.5 Å². The van der Waals surface area contributed by atoms with Crippen molar-refractivity contribution in [2.75, 3.05) is 13.2 Å². The van der Waals surface area contributed by atoms with Crippen molar-refractivity contribution in [3.63, 3.8) is 0 Å². The van der Waals surface area contributed by atoms with Crippen LogP contribution in [0.2, 0.25) is 0 Å². The van der Waals surface area contributed by atoms with Crippen LogP contribution in [-0.4, -0.2) is 24.4 Å². The first kappa shape index (κ1) is 13.7. The van der Waals surface area contributed by atoms with Gasteiger partial charge in [0.25, 0.3) is 0 Å². The first-order valence-electron chi connectivity index (χ1n) is 6.29. The first-order valence-corrected chi connectivity index (χ1v) is 7.09. The lowest BCUT2D eigenvalue weighted by molar-refractivity contribution is 0.167. The highest BCUT2D eigenvalue weighted by Crippen LogP contribution is 2.45. The molecule has 100 valence electrons. The Balaban J connectivity index is 2.56. The molecule has 1 aliphatic heterocycles. The fraction of sp³-hybridized carbons (Fsp3) is 0.571. The van der Waals surface area contributed by atoms with Crippen molar-refractivity contribution in [3.8, 4) is 11.5 Å². The van der Waals surface area contributed by atoms with E-state index in [9.17, 15) is 5.11 Å². The summed E-state index contributed by atoms with van der Waals surface area (Å²) in [5, 5.41) is 9.62. The van der Waals surface area contributed by atoms with Crippen LogP contribution in [0.4, 0.5) is 0 Å². The molecule has 1 heterocycles. The van der Waals surface area contributed by atoms with E-state index in [1.165, 1.54) is 0 Å². The van der Waals surface area contributed by atoms with Crippen LogP contribution in [0.3, 0.4) is 0 Å². The van der Waals surface area contributed by atoms with Crippen LogP contribution in [0.15, 0.2) is 10.5 Å².